The molecule has 22 heavy (non-hydrogen) atoms. The lowest BCUT2D eigenvalue weighted by Gasteiger charge is -2.28. The van der Waals surface area contributed by atoms with Crippen molar-refractivity contribution in [3.8, 4) is 6.07 Å². The number of rotatable bonds is 4. The average Bonchev–Trinajstić information content (AvgIpc) is 2.34. The predicted molar refractivity (Wildman–Crippen MR) is 83.0 cm³/mol. The summed E-state index contributed by atoms with van der Waals surface area (Å²) in [5, 5.41) is 10.6. The van der Waals surface area contributed by atoms with E-state index in [1.54, 1.807) is 38.8 Å². The van der Waals surface area contributed by atoms with Crippen LogP contribution in [0, 0.1) is 24.2 Å². The molecule has 7 heteroatoms. The van der Waals surface area contributed by atoms with E-state index in [0.29, 0.717) is 18.1 Å². The van der Waals surface area contributed by atoms with Gasteiger partial charge in [-0.1, -0.05) is 13.8 Å². The van der Waals surface area contributed by atoms with Gasteiger partial charge in [0.2, 0.25) is 5.82 Å². The van der Waals surface area contributed by atoms with Gasteiger partial charge in [-0.05, 0) is 33.6 Å². The van der Waals surface area contributed by atoms with Gasteiger partial charge in [-0.2, -0.15) is 10.2 Å². The van der Waals surface area contributed by atoms with Crippen molar-refractivity contribution < 1.29 is 9.53 Å². The fourth-order valence-electron chi connectivity index (χ4n) is 1.71. The fraction of sp³-hybridized carbons (Fsp3) is 0.600. The highest BCUT2D eigenvalue weighted by atomic mass is 16.6. The number of hydrazine groups is 1. The molecule has 1 aromatic rings. The average molecular weight is 305 g/mol. The first-order valence-electron chi connectivity index (χ1n) is 7.13. The summed E-state index contributed by atoms with van der Waals surface area (Å²) < 4.78 is 5.26. The number of nitrogens with one attached hydrogen (secondary N) is 1. The maximum absolute atomic E-state index is 12.0. The Bertz CT molecular complexity index is 572. The minimum atomic E-state index is -0.590. The highest BCUT2D eigenvalue weighted by molar-refractivity contribution is 5.70. The molecular weight excluding hydrogens is 282 g/mol. The molecule has 120 valence electrons. The SMILES string of the molecule is Cc1cc(N(CC(C)C)NC(=O)OC(C)(C)C)nc(C#N)n1. The Morgan fingerprint density at radius 3 is 2.59 bits per heavy atom. The Kier molecular flexibility index (Phi) is 5.69. The third-order valence-electron chi connectivity index (χ3n) is 2.39. The number of aromatic nitrogens is 2. The van der Waals surface area contributed by atoms with Gasteiger partial charge in [0.15, 0.2) is 5.82 Å². The zero-order valence-electron chi connectivity index (χ0n) is 14.0. The Balaban J connectivity index is 3.01. The first-order chi connectivity index (χ1) is 10.1. The van der Waals surface area contributed by atoms with E-state index >= 15 is 0 Å². The van der Waals surface area contributed by atoms with Crippen LogP contribution in [0.1, 0.15) is 46.1 Å². The first kappa shape index (κ1) is 17.7. The highest BCUT2D eigenvalue weighted by Crippen LogP contribution is 2.14. The van der Waals surface area contributed by atoms with Crippen LogP contribution in [0.3, 0.4) is 0 Å². The minimum Gasteiger partial charge on any atom is -0.443 e. The lowest BCUT2D eigenvalue weighted by atomic mass is 10.2. The van der Waals surface area contributed by atoms with Gasteiger partial charge in [0.05, 0.1) is 0 Å². The summed E-state index contributed by atoms with van der Waals surface area (Å²) in [6.07, 6.45) is -0.567. The van der Waals surface area contributed by atoms with Crippen LogP contribution in [0.25, 0.3) is 0 Å². The molecule has 1 aromatic heterocycles. The molecule has 0 spiro atoms. The molecule has 1 heterocycles. The number of carbonyl (C=O) groups is 1. The van der Waals surface area contributed by atoms with E-state index in [4.69, 9.17) is 10.00 Å². The Labute approximate surface area is 131 Å². The molecule has 1 N–H and O–H groups in total. The van der Waals surface area contributed by atoms with Gasteiger partial charge < -0.3 is 4.74 Å². The number of nitrogens with zero attached hydrogens (tertiary/aromatic N) is 4. The van der Waals surface area contributed by atoms with Crippen LogP contribution in [-0.4, -0.2) is 28.2 Å². The molecular formula is C15H23N5O2. The summed E-state index contributed by atoms with van der Waals surface area (Å²) in [5.74, 6) is 0.800. The van der Waals surface area contributed by atoms with Crippen LogP contribution in [-0.2, 0) is 4.74 Å². The van der Waals surface area contributed by atoms with Crippen LogP contribution >= 0.6 is 0 Å². The molecule has 1 amide bonds. The monoisotopic (exact) mass is 305 g/mol. The van der Waals surface area contributed by atoms with Crippen LogP contribution in [0.15, 0.2) is 6.07 Å². The molecule has 0 atom stereocenters. The molecule has 1 rings (SSSR count). The first-order valence-corrected chi connectivity index (χ1v) is 7.13. The van der Waals surface area contributed by atoms with Crippen LogP contribution < -0.4 is 10.4 Å². The van der Waals surface area contributed by atoms with Crippen molar-refractivity contribution in [2.24, 2.45) is 5.92 Å². The van der Waals surface area contributed by atoms with Crippen LogP contribution in [0.2, 0.25) is 0 Å². The van der Waals surface area contributed by atoms with Gasteiger partial charge in [-0.25, -0.2) is 15.2 Å². The van der Waals surface area contributed by atoms with Gasteiger partial charge in [0.25, 0.3) is 0 Å². The van der Waals surface area contributed by atoms with Crippen molar-refractivity contribution in [2.45, 2.75) is 47.1 Å². The van der Waals surface area contributed by atoms with E-state index in [2.05, 4.69) is 15.4 Å². The maximum Gasteiger partial charge on any atom is 0.426 e. The summed E-state index contributed by atoms with van der Waals surface area (Å²) in [6.45, 7) is 11.7. The zero-order valence-corrected chi connectivity index (χ0v) is 14.0. The van der Waals surface area contributed by atoms with E-state index in [-0.39, 0.29) is 11.7 Å². The molecule has 0 aliphatic heterocycles. The second kappa shape index (κ2) is 7.07. The summed E-state index contributed by atoms with van der Waals surface area (Å²) >= 11 is 0. The van der Waals surface area contributed by atoms with Crippen molar-refractivity contribution >= 4 is 11.9 Å². The number of hydrogen-bond donors (Lipinski definition) is 1. The normalized spacial score (nSPS) is 11.0. The van der Waals surface area contributed by atoms with Crippen LogP contribution in [0.4, 0.5) is 10.6 Å². The van der Waals surface area contributed by atoms with E-state index in [1.165, 1.54) is 0 Å². The molecule has 0 saturated heterocycles. The molecule has 0 bridgehead atoms. The molecule has 0 aromatic carbocycles. The molecule has 0 radical (unpaired) electrons. The Morgan fingerprint density at radius 1 is 1.45 bits per heavy atom. The van der Waals surface area contributed by atoms with E-state index in [1.807, 2.05) is 19.9 Å². The van der Waals surface area contributed by atoms with Crippen molar-refractivity contribution in [1.82, 2.24) is 15.4 Å². The highest BCUT2D eigenvalue weighted by Gasteiger charge is 2.20. The summed E-state index contributed by atoms with van der Waals surface area (Å²) in [6, 6.07) is 3.62. The molecule has 7 nitrogen and oxygen atoms in total. The quantitative estimate of drug-likeness (QED) is 0.860. The lowest BCUT2D eigenvalue weighted by molar-refractivity contribution is 0.0519. The van der Waals surface area contributed by atoms with Crippen molar-refractivity contribution in [1.29, 1.82) is 5.26 Å². The lowest BCUT2D eigenvalue weighted by Crippen LogP contribution is -2.47. The smallest absolute Gasteiger partial charge is 0.426 e. The van der Waals surface area contributed by atoms with Gasteiger partial charge in [0, 0.05) is 18.3 Å². The second-order valence-electron chi connectivity index (χ2n) is 6.42. The zero-order chi connectivity index (χ0) is 16.9. The topological polar surface area (TPSA) is 91.1 Å². The Morgan fingerprint density at radius 2 is 2.09 bits per heavy atom. The number of carbonyl (C=O) groups excluding carboxylic acids is 1. The fourth-order valence-corrected chi connectivity index (χ4v) is 1.71. The number of hydrogen-bond acceptors (Lipinski definition) is 6. The number of ether oxygens (including phenoxy) is 1. The van der Waals surface area contributed by atoms with Gasteiger partial charge in [-0.15, -0.1) is 0 Å². The number of anilines is 1. The van der Waals surface area contributed by atoms with Crippen molar-refractivity contribution in [3.05, 3.63) is 17.6 Å². The van der Waals surface area contributed by atoms with Crippen molar-refractivity contribution in [3.63, 3.8) is 0 Å². The van der Waals surface area contributed by atoms with E-state index in [0.717, 1.165) is 0 Å². The predicted octanol–water partition coefficient (Wildman–Crippen LogP) is 2.56. The van der Waals surface area contributed by atoms with E-state index < -0.39 is 11.7 Å². The summed E-state index contributed by atoms with van der Waals surface area (Å²) in [4.78, 5) is 20.1. The summed E-state index contributed by atoms with van der Waals surface area (Å²) in [5.41, 5.74) is 2.74. The number of aryl methyl sites for hydroxylation is 1. The van der Waals surface area contributed by atoms with Crippen molar-refractivity contribution in [2.75, 3.05) is 11.6 Å². The molecule has 0 saturated carbocycles. The largest absolute Gasteiger partial charge is 0.443 e. The molecule has 0 aliphatic rings. The number of amides is 1. The number of nitriles is 1. The van der Waals surface area contributed by atoms with Gasteiger partial charge >= 0.3 is 6.09 Å². The molecule has 0 aliphatic carbocycles. The minimum absolute atomic E-state index is 0.0646. The van der Waals surface area contributed by atoms with Crippen LogP contribution in [0.5, 0.6) is 0 Å². The Hall–Kier alpha value is -2.36. The van der Waals surface area contributed by atoms with Gasteiger partial charge in [0.1, 0.15) is 11.7 Å². The molecule has 0 unspecified atom stereocenters. The molecule has 0 fully saturated rings. The maximum atomic E-state index is 12.0. The van der Waals surface area contributed by atoms with Gasteiger partial charge in [-0.3, -0.25) is 5.01 Å². The standard InChI is InChI=1S/C15H23N5O2/c1-10(2)9-20(19-14(21)22-15(4,5)6)13-7-11(3)17-12(8-16)18-13/h7,10H,9H2,1-6H3,(H,19,21). The summed E-state index contributed by atoms with van der Waals surface area (Å²) in [7, 11) is 0. The second-order valence-corrected chi connectivity index (χ2v) is 6.42. The van der Waals surface area contributed by atoms with E-state index in [9.17, 15) is 4.79 Å². The third-order valence-corrected chi connectivity index (χ3v) is 2.39. The third kappa shape index (κ3) is 5.95.